The Hall–Kier alpha value is 0.1000. The third-order valence-corrected chi connectivity index (χ3v) is 1.72. The summed E-state index contributed by atoms with van der Waals surface area (Å²) < 4.78 is 2.70. The highest BCUT2D eigenvalue weighted by Gasteiger charge is 2.32. The number of alkyl carbamates (subject to hydrolysis) is 1. The van der Waals surface area contributed by atoms with Gasteiger partial charge in [0.1, 0.15) is 6.17 Å². The predicted octanol–water partition coefficient (Wildman–Crippen LogP) is 1.26. The van der Waals surface area contributed by atoms with E-state index in [0.717, 1.165) is 0 Å². The molecule has 0 aliphatic heterocycles. The fraction of sp³-hybridized carbons (Fsp3) is 0.800. The summed E-state index contributed by atoms with van der Waals surface area (Å²) in [6.45, 7) is 0. The van der Waals surface area contributed by atoms with Crippen LogP contribution in [0.5, 0.6) is 0 Å². The number of carbonyl (C=O) groups excluding carboxylic acids is 1. The van der Waals surface area contributed by atoms with E-state index in [4.69, 9.17) is 34.8 Å². The van der Waals surface area contributed by atoms with Crippen molar-refractivity contribution in [2.75, 3.05) is 14.2 Å². The molecule has 12 heavy (non-hydrogen) atoms. The summed E-state index contributed by atoms with van der Waals surface area (Å²) in [4.78, 5) is 10.7. The molecular weight excluding hydrogens is 226 g/mol. The first-order valence-electron chi connectivity index (χ1n) is 3.00. The average molecular weight is 235 g/mol. The lowest BCUT2D eigenvalue weighted by Gasteiger charge is -2.23. The third-order valence-electron chi connectivity index (χ3n) is 1.06. The number of carbonyl (C=O) groups is 1. The van der Waals surface area contributed by atoms with Gasteiger partial charge in [-0.1, -0.05) is 34.8 Å². The Morgan fingerprint density at radius 1 is 1.50 bits per heavy atom. The first-order valence-corrected chi connectivity index (χ1v) is 4.13. The van der Waals surface area contributed by atoms with Gasteiger partial charge in [-0.15, -0.1) is 0 Å². The van der Waals surface area contributed by atoms with Crippen molar-refractivity contribution >= 4 is 40.9 Å². The maximum Gasteiger partial charge on any atom is 0.408 e. The molecule has 0 spiro atoms. The quantitative estimate of drug-likeness (QED) is 0.560. The fourth-order valence-electron chi connectivity index (χ4n) is 0.494. The van der Waals surface area contributed by atoms with Crippen molar-refractivity contribution in [1.29, 1.82) is 0 Å². The number of halogens is 3. The zero-order valence-corrected chi connectivity index (χ0v) is 8.80. The Kier molecular flexibility index (Phi) is 5.01. The van der Waals surface area contributed by atoms with Crippen LogP contribution in [0.15, 0.2) is 0 Å². The molecule has 4 nitrogen and oxygen atoms in total. The molecule has 0 aliphatic carbocycles. The van der Waals surface area contributed by atoms with Crippen LogP contribution >= 0.6 is 34.8 Å². The molecule has 0 aromatic rings. The zero-order chi connectivity index (χ0) is 9.78. The van der Waals surface area contributed by atoms with Crippen molar-refractivity contribution in [3.8, 4) is 0 Å². The topological polar surface area (TPSA) is 50.4 Å². The molecule has 0 saturated heterocycles. The van der Waals surface area contributed by atoms with Gasteiger partial charge < -0.3 is 10.1 Å². The van der Waals surface area contributed by atoms with Crippen LogP contribution in [0, 0.1) is 0 Å². The minimum atomic E-state index is -1.61. The molecule has 0 rings (SSSR count). The fourth-order valence-corrected chi connectivity index (χ4v) is 0.985. The van der Waals surface area contributed by atoms with E-state index in [0.29, 0.717) is 0 Å². The van der Waals surface area contributed by atoms with Crippen molar-refractivity contribution in [3.05, 3.63) is 0 Å². The van der Waals surface area contributed by atoms with Crippen LogP contribution in [-0.4, -0.2) is 30.2 Å². The molecule has 1 atom stereocenters. The summed E-state index contributed by atoms with van der Waals surface area (Å²) in [7, 11) is 2.77. The van der Waals surface area contributed by atoms with Gasteiger partial charge in [0.15, 0.2) is 0 Å². The summed E-state index contributed by atoms with van der Waals surface area (Å²) in [6, 6.07) is 0. The van der Waals surface area contributed by atoms with Gasteiger partial charge >= 0.3 is 6.09 Å². The van der Waals surface area contributed by atoms with Crippen LogP contribution in [0.2, 0.25) is 0 Å². The van der Waals surface area contributed by atoms with Crippen LogP contribution in [0.3, 0.4) is 0 Å². The minimum Gasteiger partial charge on any atom is -0.453 e. The molecule has 0 saturated carbocycles. The second-order valence-electron chi connectivity index (χ2n) is 1.90. The highest BCUT2D eigenvalue weighted by molar-refractivity contribution is 6.68. The van der Waals surface area contributed by atoms with Crippen LogP contribution < -0.4 is 10.6 Å². The molecule has 0 heterocycles. The van der Waals surface area contributed by atoms with Crippen LogP contribution in [0.4, 0.5) is 4.79 Å². The summed E-state index contributed by atoms with van der Waals surface area (Å²) in [5, 5.41) is 4.89. The summed E-state index contributed by atoms with van der Waals surface area (Å²) >= 11 is 16.5. The molecule has 0 aliphatic rings. The minimum absolute atomic E-state index is 0.666. The SMILES string of the molecule is CN[C@H](NC(=O)OC)C(Cl)(Cl)Cl. The van der Waals surface area contributed by atoms with E-state index in [9.17, 15) is 4.79 Å². The second-order valence-corrected chi connectivity index (χ2v) is 4.27. The molecule has 7 heteroatoms. The van der Waals surface area contributed by atoms with Crippen molar-refractivity contribution in [3.63, 3.8) is 0 Å². The number of rotatable bonds is 2. The largest absolute Gasteiger partial charge is 0.453 e. The van der Waals surface area contributed by atoms with Crippen LogP contribution in [-0.2, 0) is 4.74 Å². The lowest BCUT2D eigenvalue weighted by molar-refractivity contribution is 0.165. The van der Waals surface area contributed by atoms with Gasteiger partial charge in [0.05, 0.1) is 7.11 Å². The Morgan fingerprint density at radius 3 is 2.25 bits per heavy atom. The second kappa shape index (κ2) is 4.97. The van der Waals surface area contributed by atoms with Crippen LogP contribution in [0.1, 0.15) is 0 Å². The van der Waals surface area contributed by atoms with E-state index < -0.39 is 16.1 Å². The van der Waals surface area contributed by atoms with E-state index in [2.05, 4.69) is 15.4 Å². The number of nitrogens with one attached hydrogen (secondary N) is 2. The smallest absolute Gasteiger partial charge is 0.408 e. The number of amides is 1. The van der Waals surface area contributed by atoms with Gasteiger partial charge in [-0.2, -0.15) is 0 Å². The van der Waals surface area contributed by atoms with Crippen molar-refractivity contribution < 1.29 is 9.53 Å². The summed E-state index contributed by atoms with van der Waals surface area (Å²) in [5.41, 5.74) is 0. The molecule has 72 valence electrons. The molecule has 0 fully saturated rings. The predicted molar refractivity (Wildman–Crippen MR) is 48.7 cm³/mol. The molecular formula is C5H9Cl3N2O2. The Balaban J connectivity index is 4.09. The number of alkyl halides is 3. The van der Waals surface area contributed by atoms with Gasteiger partial charge in [-0.25, -0.2) is 4.79 Å². The number of hydrogen-bond donors (Lipinski definition) is 2. The molecule has 1 amide bonds. The summed E-state index contributed by atoms with van der Waals surface area (Å²) in [5.74, 6) is 0. The van der Waals surface area contributed by atoms with E-state index in [-0.39, 0.29) is 0 Å². The molecule has 0 aromatic carbocycles. The molecule has 0 bridgehead atoms. The average Bonchev–Trinajstić information content (AvgIpc) is 1.97. The van der Waals surface area contributed by atoms with Gasteiger partial charge in [-0.3, -0.25) is 5.32 Å². The monoisotopic (exact) mass is 234 g/mol. The van der Waals surface area contributed by atoms with E-state index in [1.807, 2.05) is 0 Å². The number of methoxy groups -OCH3 is 1. The number of hydrogen-bond acceptors (Lipinski definition) is 3. The van der Waals surface area contributed by atoms with E-state index in [1.54, 1.807) is 7.05 Å². The highest BCUT2D eigenvalue weighted by atomic mass is 35.6. The number of ether oxygens (including phenoxy) is 1. The van der Waals surface area contributed by atoms with Gasteiger partial charge in [0.2, 0.25) is 3.79 Å². The normalized spacial score (nSPS) is 13.8. The zero-order valence-electron chi connectivity index (χ0n) is 6.53. The van der Waals surface area contributed by atoms with E-state index in [1.165, 1.54) is 7.11 Å². The van der Waals surface area contributed by atoms with Gasteiger partial charge in [0, 0.05) is 0 Å². The Morgan fingerprint density at radius 2 is 2.00 bits per heavy atom. The van der Waals surface area contributed by atoms with Crippen molar-refractivity contribution in [2.24, 2.45) is 0 Å². The van der Waals surface area contributed by atoms with Gasteiger partial charge in [0.25, 0.3) is 0 Å². The summed E-state index contributed by atoms with van der Waals surface area (Å²) in [6.07, 6.45) is -1.45. The van der Waals surface area contributed by atoms with Crippen molar-refractivity contribution in [1.82, 2.24) is 10.6 Å². The molecule has 2 N–H and O–H groups in total. The standard InChI is InChI=1S/C5H9Cl3N2O2/c1-9-3(5(6,7)8)10-4(11)12-2/h3,9H,1-2H3,(H,10,11)/t3-/m1/s1. The van der Waals surface area contributed by atoms with Crippen molar-refractivity contribution in [2.45, 2.75) is 9.96 Å². The molecule has 0 unspecified atom stereocenters. The van der Waals surface area contributed by atoms with Crippen LogP contribution in [0.25, 0.3) is 0 Å². The van der Waals surface area contributed by atoms with E-state index >= 15 is 0 Å². The Bertz CT molecular complexity index is 159. The maximum atomic E-state index is 10.7. The molecule has 0 radical (unpaired) electrons. The first kappa shape index (κ1) is 12.1. The third kappa shape index (κ3) is 4.21. The van der Waals surface area contributed by atoms with Gasteiger partial charge in [-0.05, 0) is 7.05 Å². The maximum absolute atomic E-state index is 10.7. The first-order chi connectivity index (χ1) is 5.41. The Labute approximate surface area is 85.5 Å². The highest BCUT2D eigenvalue weighted by Crippen LogP contribution is 2.28. The lowest BCUT2D eigenvalue weighted by Crippen LogP contribution is -2.51. The molecule has 0 aromatic heterocycles. The lowest BCUT2D eigenvalue weighted by atomic mass is 10.5.